The van der Waals surface area contributed by atoms with Crippen LogP contribution in [0.15, 0.2) is 60.6 Å². The molecule has 186 valence electrons. The molecule has 1 aliphatic carbocycles. The van der Waals surface area contributed by atoms with Gasteiger partial charge in [-0.15, -0.1) is 0 Å². The Hall–Kier alpha value is -2.76. The second kappa shape index (κ2) is 14.5. The summed E-state index contributed by atoms with van der Waals surface area (Å²) in [5.41, 5.74) is 4.56. The molecule has 2 rings (SSSR count). The number of hydrogen-bond acceptors (Lipinski definition) is 2. The number of allylic oxidation sites excluding steroid dienone is 7. The van der Waals surface area contributed by atoms with Crippen molar-refractivity contribution in [2.24, 2.45) is 0 Å². The fourth-order valence-electron chi connectivity index (χ4n) is 4.12. The molecule has 1 aromatic rings. The van der Waals surface area contributed by atoms with E-state index < -0.39 is 18.4 Å². The Labute approximate surface area is 203 Å². The number of carbonyl (C=O) groups is 1. The summed E-state index contributed by atoms with van der Waals surface area (Å²) in [4.78, 5) is 12.2. The van der Waals surface area contributed by atoms with Crippen LogP contribution in [0.1, 0.15) is 87.6 Å². The molecule has 1 atom stereocenters. The normalized spacial score (nSPS) is 15.9. The standard InChI is InChI=1S/C28H39F2N3O/c1-5-12-21(3)28-22(4)27(23-16-17-23)32-33(28)19-11-9-15-25(13-6-2)31-26(34)20-24(30)14-8-7-10-18-29/h6-9,11,13-14,21,23H,2,5,10,12,15-20H2,1,3-4H3,(H,31,34)/b8-7-,11-9-,24-14+,25-13+. The van der Waals surface area contributed by atoms with Crippen molar-refractivity contribution in [1.82, 2.24) is 15.1 Å². The highest BCUT2D eigenvalue weighted by Crippen LogP contribution is 2.42. The molecule has 1 aliphatic rings. The number of hydrogen-bond donors (Lipinski definition) is 1. The van der Waals surface area contributed by atoms with Crippen LogP contribution in [0.25, 0.3) is 0 Å². The van der Waals surface area contributed by atoms with Gasteiger partial charge in [0.1, 0.15) is 5.83 Å². The second-order valence-electron chi connectivity index (χ2n) is 8.89. The fourth-order valence-corrected chi connectivity index (χ4v) is 4.12. The highest BCUT2D eigenvalue weighted by molar-refractivity contribution is 5.79. The minimum atomic E-state index is -0.574. The molecule has 1 fully saturated rings. The van der Waals surface area contributed by atoms with Gasteiger partial charge in [-0.05, 0) is 56.2 Å². The molecule has 1 saturated carbocycles. The van der Waals surface area contributed by atoms with Crippen molar-refractivity contribution in [1.29, 1.82) is 0 Å². The molecule has 0 aliphatic heterocycles. The monoisotopic (exact) mass is 471 g/mol. The zero-order valence-corrected chi connectivity index (χ0v) is 20.8. The molecule has 0 bridgehead atoms. The molecular formula is C28H39F2N3O. The van der Waals surface area contributed by atoms with Crippen LogP contribution in [-0.2, 0) is 11.3 Å². The van der Waals surface area contributed by atoms with E-state index in [4.69, 9.17) is 5.10 Å². The molecule has 1 N–H and O–H groups in total. The lowest BCUT2D eigenvalue weighted by Gasteiger charge is -2.14. The molecular weight excluding hydrogens is 432 g/mol. The lowest BCUT2D eigenvalue weighted by molar-refractivity contribution is -0.120. The van der Waals surface area contributed by atoms with E-state index in [0.717, 1.165) is 12.8 Å². The summed E-state index contributed by atoms with van der Waals surface area (Å²) in [5.74, 6) is 0.0596. The third-order valence-electron chi connectivity index (χ3n) is 5.85. The second-order valence-corrected chi connectivity index (χ2v) is 8.89. The van der Waals surface area contributed by atoms with Crippen LogP contribution in [0.2, 0.25) is 0 Å². The first kappa shape index (κ1) is 27.5. The minimum Gasteiger partial charge on any atom is -0.329 e. The van der Waals surface area contributed by atoms with Crippen LogP contribution in [0.5, 0.6) is 0 Å². The molecule has 0 aromatic carbocycles. The van der Waals surface area contributed by atoms with Gasteiger partial charge in [-0.3, -0.25) is 13.9 Å². The highest BCUT2D eigenvalue weighted by atomic mass is 19.1. The summed E-state index contributed by atoms with van der Waals surface area (Å²) in [6.45, 7) is 10.6. The van der Waals surface area contributed by atoms with E-state index >= 15 is 0 Å². The number of halogens is 2. The number of nitrogens with one attached hydrogen (secondary N) is 1. The highest BCUT2D eigenvalue weighted by Gasteiger charge is 2.30. The van der Waals surface area contributed by atoms with Gasteiger partial charge in [0.25, 0.3) is 0 Å². The maximum absolute atomic E-state index is 13.9. The minimum absolute atomic E-state index is 0.230. The van der Waals surface area contributed by atoms with Crippen molar-refractivity contribution < 1.29 is 13.6 Å². The van der Waals surface area contributed by atoms with Crippen LogP contribution in [-0.4, -0.2) is 22.4 Å². The maximum Gasteiger partial charge on any atom is 0.230 e. The number of nitrogens with zero attached hydrogens (tertiary/aromatic N) is 2. The molecule has 34 heavy (non-hydrogen) atoms. The number of aromatic nitrogens is 2. The van der Waals surface area contributed by atoms with Gasteiger partial charge in [-0.2, -0.15) is 5.10 Å². The first-order valence-electron chi connectivity index (χ1n) is 12.3. The van der Waals surface area contributed by atoms with Gasteiger partial charge < -0.3 is 5.32 Å². The summed E-state index contributed by atoms with van der Waals surface area (Å²) in [7, 11) is 0. The lowest BCUT2D eigenvalue weighted by atomic mass is 9.97. The van der Waals surface area contributed by atoms with E-state index in [1.54, 1.807) is 12.2 Å². The summed E-state index contributed by atoms with van der Waals surface area (Å²) >= 11 is 0. The predicted octanol–water partition coefficient (Wildman–Crippen LogP) is 7.26. The topological polar surface area (TPSA) is 46.9 Å². The third kappa shape index (κ3) is 8.88. The Balaban J connectivity index is 1.97. The van der Waals surface area contributed by atoms with E-state index in [1.807, 2.05) is 6.08 Å². The zero-order valence-electron chi connectivity index (χ0n) is 20.8. The van der Waals surface area contributed by atoms with Crippen molar-refractivity contribution in [2.45, 2.75) is 84.1 Å². The van der Waals surface area contributed by atoms with Crippen molar-refractivity contribution >= 4 is 5.91 Å². The summed E-state index contributed by atoms with van der Waals surface area (Å²) < 4.78 is 28.0. The van der Waals surface area contributed by atoms with E-state index in [-0.39, 0.29) is 12.8 Å². The van der Waals surface area contributed by atoms with Gasteiger partial charge in [0, 0.05) is 23.7 Å². The Morgan fingerprint density at radius 3 is 2.71 bits per heavy atom. The predicted molar refractivity (Wildman–Crippen MR) is 136 cm³/mol. The molecule has 0 radical (unpaired) electrons. The molecule has 0 saturated heterocycles. The first-order valence-corrected chi connectivity index (χ1v) is 12.3. The first-order chi connectivity index (χ1) is 16.4. The van der Waals surface area contributed by atoms with Crippen molar-refractivity contribution in [3.05, 3.63) is 77.6 Å². The average molecular weight is 472 g/mol. The Kier molecular flexibility index (Phi) is 11.7. The van der Waals surface area contributed by atoms with E-state index in [0.29, 0.717) is 30.5 Å². The van der Waals surface area contributed by atoms with Crippen LogP contribution in [0, 0.1) is 6.92 Å². The SMILES string of the molecule is C=C/C=C(\C/C=C\Cn1nc(C2CC2)c(C)c1C(C)CCC)NC(=O)C/C(F)=C\C=C/CCF. The Morgan fingerprint density at radius 2 is 2.06 bits per heavy atom. The van der Waals surface area contributed by atoms with Crippen LogP contribution < -0.4 is 5.32 Å². The van der Waals surface area contributed by atoms with Gasteiger partial charge in [-0.1, -0.05) is 57.2 Å². The molecule has 1 heterocycles. The Morgan fingerprint density at radius 1 is 1.29 bits per heavy atom. The van der Waals surface area contributed by atoms with Crippen molar-refractivity contribution in [2.75, 3.05) is 6.67 Å². The molecule has 1 unspecified atom stereocenters. The summed E-state index contributed by atoms with van der Waals surface area (Å²) in [6.07, 6.45) is 16.6. The number of amides is 1. The smallest absolute Gasteiger partial charge is 0.230 e. The van der Waals surface area contributed by atoms with Crippen molar-refractivity contribution in [3.8, 4) is 0 Å². The van der Waals surface area contributed by atoms with E-state index in [2.05, 4.69) is 43.4 Å². The molecule has 4 nitrogen and oxygen atoms in total. The zero-order chi connectivity index (χ0) is 24.9. The van der Waals surface area contributed by atoms with Crippen LogP contribution in [0.3, 0.4) is 0 Å². The van der Waals surface area contributed by atoms with Crippen molar-refractivity contribution in [3.63, 3.8) is 0 Å². The molecule has 1 amide bonds. The number of rotatable bonds is 15. The van der Waals surface area contributed by atoms with Gasteiger partial charge in [0.2, 0.25) is 5.91 Å². The van der Waals surface area contributed by atoms with Gasteiger partial charge in [0.15, 0.2) is 0 Å². The number of alkyl halides is 1. The molecule has 0 spiro atoms. The van der Waals surface area contributed by atoms with Gasteiger partial charge >= 0.3 is 0 Å². The van der Waals surface area contributed by atoms with Crippen LogP contribution in [0.4, 0.5) is 8.78 Å². The van der Waals surface area contributed by atoms with E-state index in [1.165, 1.54) is 48.0 Å². The summed E-state index contributed by atoms with van der Waals surface area (Å²) in [5, 5.41) is 7.68. The summed E-state index contributed by atoms with van der Waals surface area (Å²) in [6, 6.07) is 0. The number of carbonyl (C=O) groups excluding carboxylic acids is 1. The Bertz CT molecular complexity index is 936. The maximum atomic E-state index is 13.9. The van der Waals surface area contributed by atoms with Gasteiger partial charge in [-0.25, -0.2) is 4.39 Å². The largest absolute Gasteiger partial charge is 0.329 e. The lowest BCUT2D eigenvalue weighted by Crippen LogP contribution is -2.22. The third-order valence-corrected chi connectivity index (χ3v) is 5.85. The van der Waals surface area contributed by atoms with Crippen LogP contribution >= 0.6 is 0 Å². The average Bonchev–Trinajstić information content (AvgIpc) is 3.57. The quantitative estimate of drug-likeness (QED) is 0.216. The van der Waals surface area contributed by atoms with Gasteiger partial charge in [0.05, 0.1) is 25.3 Å². The fraction of sp³-hybridized carbons (Fsp3) is 0.500. The molecule has 1 aromatic heterocycles. The molecule has 6 heteroatoms. The van der Waals surface area contributed by atoms with E-state index in [9.17, 15) is 13.6 Å².